The number of hydrogen-bond donors (Lipinski definition) is 1. The normalized spacial score (nSPS) is 26.3. The van der Waals surface area contributed by atoms with Crippen molar-refractivity contribution in [3.8, 4) is 0 Å². The standard InChI is InChI=1S/C11H20N2OS/c1-14-8-4-7-12-10-13-11(9-15-10)5-2-3-6-11/h2-9H2,1H3,(H,12,13). The van der Waals surface area contributed by atoms with Gasteiger partial charge in [-0.25, -0.2) is 0 Å². The Balaban J connectivity index is 1.76. The SMILES string of the molecule is COCCCN=C1NC2(CCCC2)CS1. The quantitative estimate of drug-likeness (QED) is 0.748. The minimum Gasteiger partial charge on any atom is -0.385 e. The molecule has 2 fully saturated rings. The molecule has 1 heterocycles. The second-order valence-corrected chi connectivity index (χ2v) is 5.40. The highest BCUT2D eigenvalue weighted by molar-refractivity contribution is 8.14. The van der Waals surface area contributed by atoms with E-state index in [1.165, 1.54) is 31.4 Å². The fourth-order valence-electron chi connectivity index (χ4n) is 2.30. The van der Waals surface area contributed by atoms with Crippen LogP contribution in [-0.4, -0.2) is 36.7 Å². The maximum atomic E-state index is 5.00. The van der Waals surface area contributed by atoms with Crippen molar-refractivity contribution in [1.29, 1.82) is 0 Å². The van der Waals surface area contributed by atoms with Gasteiger partial charge in [0, 0.05) is 31.6 Å². The lowest BCUT2D eigenvalue weighted by atomic mass is 10.0. The summed E-state index contributed by atoms with van der Waals surface area (Å²) in [7, 11) is 1.74. The average molecular weight is 228 g/mol. The van der Waals surface area contributed by atoms with Crippen molar-refractivity contribution in [3.63, 3.8) is 0 Å². The largest absolute Gasteiger partial charge is 0.385 e. The molecule has 0 aromatic carbocycles. The lowest BCUT2D eigenvalue weighted by molar-refractivity contribution is 0.197. The fourth-order valence-corrected chi connectivity index (χ4v) is 3.55. The highest BCUT2D eigenvalue weighted by Gasteiger charge is 2.39. The first-order valence-electron chi connectivity index (χ1n) is 5.79. The van der Waals surface area contributed by atoms with Gasteiger partial charge in [-0.15, -0.1) is 0 Å². The van der Waals surface area contributed by atoms with Crippen molar-refractivity contribution >= 4 is 16.9 Å². The molecule has 2 rings (SSSR count). The zero-order chi connectivity index (χ0) is 10.6. The highest BCUT2D eigenvalue weighted by atomic mass is 32.2. The van der Waals surface area contributed by atoms with E-state index in [0.29, 0.717) is 5.54 Å². The minimum absolute atomic E-state index is 0.407. The topological polar surface area (TPSA) is 33.6 Å². The summed E-state index contributed by atoms with van der Waals surface area (Å²) in [5.41, 5.74) is 0.407. The monoisotopic (exact) mass is 228 g/mol. The van der Waals surface area contributed by atoms with Crippen molar-refractivity contribution in [3.05, 3.63) is 0 Å². The molecule has 0 aromatic heterocycles. The minimum atomic E-state index is 0.407. The third-order valence-electron chi connectivity index (χ3n) is 3.18. The zero-order valence-electron chi connectivity index (χ0n) is 9.42. The van der Waals surface area contributed by atoms with Crippen molar-refractivity contribution in [2.45, 2.75) is 37.6 Å². The Morgan fingerprint density at radius 2 is 2.27 bits per heavy atom. The lowest BCUT2D eigenvalue weighted by Gasteiger charge is -2.21. The summed E-state index contributed by atoms with van der Waals surface area (Å²) < 4.78 is 5.00. The van der Waals surface area contributed by atoms with Gasteiger partial charge in [0.15, 0.2) is 5.17 Å². The number of ether oxygens (including phenoxy) is 1. The third-order valence-corrected chi connectivity index (χ3v) is 4.38. The van der Waals surface area contributed by atoms with Crippen molar-refractivity contribution in [2.75, 3.05) is 26.0 Å². The average Bonchev–Trinajstić information content (AvgIpc) is 2.85. The number of amidine groups is 1. The summed E-state index contributed by atoms with van der Waals surface area (Å²) in [6, 6.07) is 0. The van der Waals surface area contributed by atoms with E-state index in [1.807, 2.05) is 11.8 Å². The fraction of sp³-hybridized carbons (Fsp3) is 0.909. The van der Waals surface area contributed by atoms with Gasteiger partial charge in [-0.2, -0.15) is 0 Å². The molecule has 1 aliphatic carbocycles. The molecule has 1 saturated carbocycles. The summed E-state index contributed by atoms with van der Waals surface area (Å²) in [5, 5.41) is 4.78. The van der Waals surface area contributed by atoms with Crippen LogP contribution in [0, 0.1) is 0 Å². The van der Waals surface area contributed by atoms with Crippen molar-refractivity contribution in [1.82, 2.24) is 5.32 Å². The van der Waals surface area contributed by atoms with E-state index in [1.54, 1.807) is 7.11 Å². The molecular weight excluding hydrogens is 208 g/mol. The molecule has 0 unspecified atom stereocenters. The van der Waals surface area contributed by atoms with Crippen LogP contribution in [0.4, 0.5) is 0 Å². The van der Waals surface area contributed by atoms with E-state index >= 15 is 0 Å². The van der Waals surface area contributed by atoms with Crippen molar-refractivity contribution < 1.29 is 4.74 Å². The molecule has 1 saturated heterocycles. The number of methoxy groups -OCH3 is 1. The molecule has 3 nitrogen and oxygen atoms in total. The van der Waals surface area contributed by atoms with Crippen LogP contribution in [-0.2, 0) is 4.74 Å². The number of nitrogens with zero attached hydrogens (tertiary/aromatic N) is 1. The smallest absolute Gasteiger partial charge is 0.157 e. The lowest BCUT2D eigenvalue weighted by Crippen LogP contribution is -2.40. The molecule has 0 atom stereocenters. The predicted molar refractivity (Wildman–Crippen MR) is 65.6 cm³/mol. The van der Waals surface area contributed by atoms with E-state index in [4.69, 9.17) is 4.74 Å². The van der Waals surface area contributed by atoms with Gasteiger partial charge in [0.05, 0.1) is 0 Å². The van der Waals surface area contributed by atoms with E-state index in [0.717, 1.165) is 24.7 Å². The Labute approximate surface area is 96.1 Å². The summed E-state index contributed by atoms with van der Waals surface area (Å²) >= 11 is 1.89. The van der Waals surface area contributed by atoms with E-state index in [9.17, 15) is 0 Å². The highest BCUT2D eigenvalue weighted by Crippen LogP contribution is 2.37. The van der Waals surface area contributed by atoms with Gasteiger partial charge in [-0.3, -0.25) is 4.99 Å². The number of hydrogen-bond acceptors (Lipinski definition) is 3. The molecule has 15 heavy (non-hydrogen) atoms. The Morgan fingerprint density at radius 3 is 3.00 bits per heavy atom. The second kappa shape index (κ2) is 5.21. The summed E-state index contributed by atoms with van der Waals surface area (Å²) in [4.78, 5) is 4.57. The van der Waals surface area contributed by atoms with Crippen LogP contribution in [0.1, 0.15) is 32.1 Å². The van der Waals surface area contributed by atoms with Crippen LogP contribution < -0.4 is 5.32 Å². The van der Waals surface area contributed by atoms with Gasteiger partial charge in [-0.05, 0) is 19.3 Å². The molecule has 1 N–H and O–H groups in total. The molecule has 0 aromatic rings. The molecule has 2 aliphatic rings. The van der Waals surface area contributed by atoms with Gasteiger partial charge in [0.25, 0.3) is 0 Å². The molecule has 1 spiro atoms. The summed E-state index contributed by atoms with van der Waals surface area (Å²) in [6.45, 7) is 1.70. The number of rotatable bonds is 4. The summed E-state index contributed by atoms with van der Waals surface area (Å²) in [6.07, 6.45) is 6.44. The second-order valence-electron chi connectivity index (χ2n) is 4.43. The van der Waals surface area contributed by atoms with Gasteiger partial charge in [0.2, 0.25) is 0 Å². The number of nitrogens with one attached hydrogen (secondary N) is 1. The van der Waals surface area contributed by atoms with Gasteiger partial charge in [-0.1, -0.05) is 24.6 Å². The Morgan fingerprint density at radius 1 is 1.47 bits per heavy atom. The molecule has 4 heteroatoms. The van der Waals surface area contributed by atoms with E-state index in [-0.39, 0.29) is 0 Å². The number of thioether (sulfide) groups is 1. The van der Waals surface area contributed by atoms with Crippen LogP contribution in [0.2, 0.25) is 0 Å². The summed E-state index contributed by atoms with van der Waals surface area (Å²) in [5.74, 6) is 1.22. The van der Waals surface area contributed by atoms with Gasteiger partial charge < -0.3 is 10.1 Å². The van der Waals surface area contributed by atoms with Crippen LogP contribution >= 0.6 is 11.8 Å². The molecule has 1 aliphatic heterocycles. The third kappa shape index (κ3) is 2.88. The molecule has 0 amide bonds. The van der Waals surface area contributed by atoms with Crippen LogP contribution in [0.25, 0.3) is 0 Å². The van der Waals surface area contributed by atoms with Gasteiger partial charge >= 0.3 is 0 Å². The Kier molecular flexibility index (Phi) is 3.92. The Hall–Kier alpha value is -0.220. The van der Waals surface area contributed by atoms with Crippen LogP contribution in [0.3, 0.4) is 0 Å². The number of aliphatic imine (C=N–C) groups is 1. The van der Waals surface area contributed by atoms with Crippen LogP contribution in [0.15, 0.2) is 4.99 Å². The maximum Gasteiger partial charge on any atom is 0.157 e. The first kappa shape index (κ1) is 11.3. The van der Waals surface area contributed by atoms with Crippen molar-refractivity contribution in [2.24, 2.45) is 4.99 Å². The molecule has 0 radical (unpaired) electrons. The van der Waals surface area contributed by atoms with Crippen LogP contribution in [0.5, 0.6) is 0 Å². The first-order valence-corrected chi connectivity index (χ1v) is 6.78. The van der Waals surface area contributed by atoms with Gasteiger partial charge in [0.1, 0.15) is 0 Å². The Bertz CT molecular complexity index is 237. The maximum absolute atomic E-state index is 5.00. The molecule has 86 valence electrons. The zero-order valence-corrected chi connectivity index (χ0v) is 10.2. The molecular formula is C11H20N2OS. The predicted octanol–water partition coefficient (Wildman–Crippen LogP) is 2.03. The first-order chi connectivity index (χ1) is 7.35. The van der Waals surface area contributed by atoms with E-state index < -0.39 is 0 Å². The van der Waals surface area contributed by atoms with E-state index in [2.05, 4.69) is 10.3 Å². The molecule has 0 bridgehead atoms.